The number of amides is 1. The van der Waals surface area contributed by atoms with Crippen molar-refractivity contribution in [2.45, 2.75) is 45.6 Å². The van der Waals surface area contributed by atoms with E-state index in [0.717, 1.165) is 28.1 Å². The van der Waals surface area contributed by atoms with Crippen LogP contribution in [0.25, 0.3) is 11.1 Å². The number of rotatable bonds is 10. The number of aliphatic carboxylic acids is 1. The van der Waals surface area contributed by atoms with Crippen LogP contribution in [0.4, 0.5) is 0 Å². The van der Waals surface area contributed by atoms with Crippen molar-refractivity contribution in [2.24, 2.45) is 5.92 Å². The molecule has 0 bridgehead atoms. The quantitative estimate of drug-likeness (QED) is 0.497. The molecule has 2 aromatic carbocycles. The number of benzene rings is 2. The Bertz CT molecular complexity index is 1000. The first-order chi connectivity index (χ1) is 14.9. The number of hydrogen-bond donors (Lipinski definition) is 2. The fraction of sp³-hybridized carbons (Fsp3) is 0.333. The summed E-state index contributed by atoms with van der Waals surface area (Å²) in [5, 5.41) is 22.0. The maximum atomic E-state index is 12.6. The van der Waals surface area contributed by atoms with Crippen LogP contribution in [-0.2, 0) is 28.9 Å². The van der Waals surface area contributed by atoms with Crippen molar-refractivity contribution in [1.82, 2.24) is 15.5 Å². The van der Waals surface area contributed by atoms with Gasteiger partial charge >= 0.3 is 5.97 Å². The summed E-state index contributed by atoms with van der Waals surface area (Å²) in [4.78, 5) is 24.0. The first kappa shape index (κ1) is 22.6. The highest BCUT2D eigenvalue weighted by atomic mass is 32.1. The average molecular weight is 438 g/mol. The molecular formula is C24H27N3O3S. The summed E-state index contributed by atoms with van der Waals surface area (Å²) in [7, 11) is 0. The van der Waals surface area contributed by atoms with Crippen molar-refractivity contribution in [3.8, 4) is 11.1 Å². The molecule has 1 aromatic heterocycles. The van der Waals surface area contributed by atoms with E-state index in [0.29, 0.717) is 17.8 Å². The van der Waals surface area contributed by atoms with E-state index in [1.54, 1.807) is 6.92 Å². The topological polar surface area (TPSA) is 92.2 Å². The fourth-order valence-electron chi connectivity index (χ4n) is 3.39. The first-order valence-electron chi connectivity index (χ1n) is 10.4. The first-order valence-corrected chi connectivity index (χ1v) is 11.2. The molecule has 162 valence electrons. The van der Waals surface area contributed by atoms with Gasteiger partial charge in [-0.05, 0) is 36.0 Å². The van der Waals surface area contributed by atoms with Crippen molar-refractivity contribution >= 4 is 23.2 Å². The number of carbonyl (C=O) groups is 2. The predicted octanol–water partition coefficient (Wildman–Crippen LogP) is 4.15. The van der Waals surface area contributed by atoms with Crippen LogP contribution >= 0.6 is 11.3 Å². The highest BCUT2D eigenvalue weighted by Gasteiger charge is 2.21. The lowest BCUT2D eigenvalue weighted by molar-refractivity contribution is -0.141. The summed E-state index contributed by atoms with van der Waals surface area (Å²) >= 11 is 1.43. The second-order valence-electron chi connectivity index (χ2n) is 7.63. The van der Waals surface area contributed by atoms with Crippen molar-refractivity contribution < 1.29 is 14.7 Å². The van der Waals surface area contributed by atoms with Crippen LogP contribution < -0.4 is 5.32 Å². The standard InChI is InChI=1S/C24H27N3O3S/c1-3-22-26-27-23(31-22)15-21(28)25-20(13-16(2)24(29)30)14-17-9-11-19(12-10-17)18-7-5-4-6-8-18/h4-12,16,20H,3,13-15H2,1-2H3,(H,25,28)(H,29,30)/t16-,20?/m1/s1. The Labute approximate surface area is 186 Å². The zero-order valence-electron chi connectivity index (χ0n) is 17.7. The van der Waals surface area contributed by atoms with Gasteiger partial charge in [-0.25, -0.2) is 0 Å². The minimum atomic E-state index is -0.865. The predicted molar refractivity (Wildman–Crippen MR) is 122 cm³/mol. The molecular weight excluding hydrogens is 410 g/mol. The minimum absolute atomic E-state index is 0.155. The van der Waals surface area contributed by atoms with Crippen LogP contribution in [0.3, 0.4) is 0 Å². The Morgan fingerprint density at radius 1 is 1.00 bits per heavy atom. The molecule has 7 heteroatoms. The lowest BCUT2D eigenvalue weighted by atomic mass is 9.95. The van der Waals surface area contributed by atoms with Crippen LogP contribution in [0.15, 0.2) is 54.6 Å². The van der Waals surface area contributed by atoms with Gasteiger partial charge in [-0.3, -0.25) is 9.59 Å². The van der Waals surface area contributed by atoms with Gasteiger partial charge in [0.15, 0.2) is 0 Å². The molecule has 3 rings (SSSR count). The number of carboxylic acids is 1. The number of carbonyl (C=O) groups excluding carboxylic acids is 1. The van der Waals surface area contributed by atoms with Gasteiger partial charge in [0.2, 0.25) is 5.91 Å². The van der Waals surface area contributed by atoms with E-state index in [1.165, 1.54) is 11.3 Å². The molecule has 2 atom stereocenters. The van der Waals surface area contributed by atoms with Crippen molar-refractivity contribution in [1.29, 1.82) is 0 Å². The van der Waals surface area contributed by atoms with Gasteiger partial charge in [0.1, 0.15) is 10.0 Å². The number of nitrogens with zero attached hydrogens (tertiary/aromatic N) is 2. The number of aromatic nitrogens is 2. The number of hydrogen-bond acceptors (Lipinski definition) is 5. The van der Waals surface area contributed by atoms with Gasteiger partial charge in [-0.15, -0.1) is 21.5 Å². The van der Waals surface area contributed by atoms with Crippen LogP contribution in [0.5, 0.6) is 0 Å². The van der Waals surface area contributed by atoms with Gasteiger partial charge in [-0.2, -0.15) is 0 Å². The molecule has 0 radical (unpaired) electrons. The normalized spacial score (nSPS) is 12.8. The molecule has 0 spiro atoms. The molecule has 0 aliphatic rings. The molecule has 0 fully saturated rings. The van der Waals surface area contributed by atoms with Crippen LogP contribution in [0.1, 0.15) is 35.8 Å². The third-order valence-corrected chi connectivity index (χ3v) is 6.16. The minimum Gasteiger partial charge on any atom is -0.481 e. The van der Waals surface area contributed by atoms with E-state index in [1.807, 2.05) is 37.3 Å². The summed E-state index contributed by atoms with van der Waals surface area (Å²) in [6, 6.07) is 18.0. The van der Waals surface area contributed by atoms with Gasteiger partial charge in [0.25, 0.3) is 0 Å². The third-order valence-electron chi connectivity index (χ3n) is 5.09. The summed E-state index contributed by atoms with van der Waals surface area (Å²) in [6.07, 6.45) is 1.87. The summed E-state index contributed by atoms with van der Waals surface area (Å²) in [5.74, 6) is -1.58. The van der Waals surface area contributed by atoms with Gasteiger partial charge < -0.3 is 10.4 Å². The Hall–Kier alpha value is -3.06. The van der Waals surface area contributed by atoms with Crippen molar-refractivity contribution in [3.05, 3.63) is 70.2 Å². The zero-order chi connectivity index (χ0) is 22.2. The Balaban J connectivity index is 1.67. The monoisotopic (exact) mass is 437 g/mol. The second kappa shape index (κ2) is 10.8. The molecule has 2 N–H and O–H groups in total. The SMILES string of the molecule is CCc1nnc(CC(=O)NC(Cc2ccc(-c3ccccc3)cc2)C[C@@H](C)C(=O)O)s1. The van der Waals surface area contributed by atoms with E-state index >= 15 is 0 Å². The zero-order valence-corrected chi connectivity index (χ0v) is 18.6. The van der Waals surface area contributed by atoms with Gasteiger partial charge in [-0.1, -0.05) is 68.4 Å². The fourth-order valence-corrected chi connectivity index (χ4v) is 4.17. The molecule has 1 unspecified atom stereocenters. The highest BCUT2D eigenvalue weighted by molar-refractivity contribution is 7.11. The van der Waals surface area contributed by atoms with E-state index in [-0.39, 0.29) is 18.4 Å². The maximum absolute atomic E-state index is 12.6. The second-order valence-corrected chi connectivity index (χ2v) is 8.77. The number of carboxylic acid groups (broad SMARTS) is 1. The van der Waals surface area contributed by atoms with Gasteiger partial charge in [0, 0.05) is 6.04 Å². The maximum Gasteiger partial charge on any atom is 0.306 e. The smallest absolute Gasteiger partial charge is 0.306 e. The third kappa shape index (κ3) is 6.72. The lowest BCUT2D eigenvalue weighted by Gasteiger charge is -2.21. The largest absolute Gasteiger partial charge is 0.481 e. The van der Waals surface area contributed by atoms with E-state index in [4.69, 9.17) is 0 Å². The Morgan fingerprint density at radius 2 is 1.65 bits per heavy atom. The lowest BCUT2D eigenvalue weighted by Crippen LogP contribution is -2.39. The van der Waals surface area contributed by atoms with Gasteiger partial charge in [0.05, 0.1) is 12.3 Å². The van der Waals surface area contributed by atoms with Crippen molar-refractivity contribution in [2.75, 3.05) is 0 Å². The molecule has 31 heavy (non-hydrogen) atoms. The molecule has 0 aliphatic heterocycles. The molecule has 1 amide bonds. The Morgan fingerprint density at radius 3 is 2.26 bits per heavy atom. The van der Waals surface area contributed by atoms with Crippen LogP contribution in [0.2, 0.25) is 0 Å². The van der Waals surface area contributed by atoms with E-state index in [2.05, 4.69) is 39.8 Å². The highest BCUT2D eigenvalue weighted by Crippen LogP contribution is 2.21. The average Bonchev–Trinajstić information content (AvgIpc) is 3.22. The summed E-state index contributed by atoms with van der Waals surface area (Å²) in [6.45, 7) is 3.66. The summed E-state index contributed by atoms with van der Waals surface area (Å²) in [5.41, 5.74) is 3.31. The summed E-state index contributed by atoms with van der Waals surface area (Å²) < 4.78 is 0. The Kier molecular flexibility index (Phi) is 7.89. The molecule has 6 nitrogen and oxygen atoms in total. The molecule has 0 saturated heterocycles. The molecule has 0 saturated carbocycles. The molecule has 1 heterocycles. The van der Waals surface area contributed by atoms with Crippen LogP contribution in [-0.4, -0.2) is 33.2 Å². The molecule has 3 aromatic rings. The van der Waals surface area contributed by atoms with E-state index in [9.17, 15) is 14.7 Å². The van der Waals surface area contributed by atoms with Crippen LogP contribution in [0, 0.1) is 5.92 Å². The number of aryl methyl sites for hydroxylation is 1. The number of nitrogens with one attached hydrogen (secondary N) is 1. The van der Waals surface area contributed by atoms with Crippen molar-refractivity contribution in [3.63, 3.8) is 0 Å². The molecule has 0 aliphatic carbocycles. The van der Waals surface area contributed by atoms with E-state index < -0.39 is 11.9 Å².